The van der Waals surface area contributed by atoms with Crippen LogP contribution in [0.25, 0.3) is 0 Å². The van der Waals surface area contributed by atoms with Gasteiger partial charge in [-0.2, -0.15) is 0 Å². The lowest BCUT2D eigenvalue weighted by molar-refractivity contribution is -0.384. The van der Waals surface area contributed by atoms with Gasteiger partial charge in [-0.1, -0.05) is 0 Å². The minimum absolute atomic E-state index is 0.0836. The zero-order valence-corrected chi connectivity index (χ0v) is 11.1. The molecule has 0 bridgehead atoms. The molecule has 7 heteroatoms. The van der Waals surface area contributed by atoms with E-state index in [2.05, 4.69) is 5.32 Å². The fourth-order valence-corrected chi connectivity index (χ4v) is 2.17. The molecule has 1 aliphatic heterocycles. The molecule has 0 spiro atoms. The van der Waals surface area contributed by atoms with Crippen LogP contribution in [0.1, 0.15) is 23.7 Å². The number of hydrogen-bond donors (Lipinski definition) is 1. The Hall–Kier alpha value is -2.44. The fraction of sp³-hybridized carbons (Fsp3) is 0.385. The molecule has 1 aliphatic rings. The first-order valence-electron chi connectivity index (χ1n) is 6.30. The summed E-state index contributed by atoms with van der Waals surface area (Å²) in [7, 11) is 0. The zero-order valence-electron chi connectivity index (χ0n) is 11.1. The van der Waals surface area contributed by atoms with Crippen molar-refractivity contribution >= 4 is 23.1 Å². The minimum Gasteiger partial charge on any atom is -0.357 e. The highest BCUT2D eigenvalue weighted by atomic mass is 16.6. The summed E-state index contributed by atoms with van der Waals surface area (Å²) >= 11 is 0. The van der Waals surface area contributed by atoms with Crippen LogP contribution in [0.3, 0.4) is 0 Å². The Morgan fingerprint density at radius 3 is 2.85 bits per heavy atom. The number of amides is 1. The normalized spacial score (nSPS) is 15.4. The Morgan fingerprint density at radius 1 is 1.45 bits per heavy atom. The number of carbonyl (C=O) groups is 2. The standard InChI is InChI=1S/C13H15N3O4/c1-9(17)10-3-4-11(12(7-10)16(19)20)15-6-2-5-14-13(18)8-15/h3-4,7H,2,5-6,8H2,1H3,(H,14,18). The van der Waals surface area contributed by atoms with E-state index in [9.17, 15) is 19.7 Å². The molecule has 1 N–H and O–H groups in total. The van der Waals surface area contributed by atoms with E-state index in [4.69, 9.17) is 0 Å². The topological polar surface area (TPSA) is 92.6 Å². The van der Waals surface area contributed by atoms with Gasteiger partial charge in [0.25, 0.3) is 5.69 Å². The molecule has 0 unspecified atom stereocenters. The third kappa shape index (κ3) is 2.93. The summed E-state index contributed by atoms with van der Waals surface area (Å²) in [4.78, 5) is 35.2. The smallest absolute Gasteiger partial charge is 0.293 e. The summed E-state index contributed by atoms with van der Waals surface area (Å²) in [5.41, 5.74) is 0.518. The second-order valence-electron chi connectivity index (χ2n) is 4.64. The first-order valence-corrected chi connectivity index (χ1v) is 6.30. The van der Waals surface area contributed by atoms with Crippen molar-refractivity contribution in [3.8, 4) is 0 Å². The van der Waals surface area contributed by atoms with Gasteiger partial charge >= 0.3 is 0 Å². The number of carbonyl (C=O) groups excluding carboxylic acids is 2. The maximum atomic E-state index is 11.5. The van der Waals surface area contributed by atoms with Crippen molar-refractivity contribution in [3.05, 3.63) is 33.9 Å². The maximum absolute atomic E-state index is 11.5. The van der Waals surface area contributed by atoms with Crippen LogP contribution in [-0.2, 0) is 4.79 Å². The van der Waals surface area contributed by atoms with E-state index in [-0.39, 0.29) is 23.9 Å². The summed E-state index contributed by atoms with van der Waals surface area (Å²) in [5, 5.41) is 13.9. The molecule has 1 heterocycles. The first-order chi connectivity index (χ1) is 9.49. The van der Waals surface area contributed by atoms with E-state index in [1.165, 1.54) is 19.1 Å². The minimum atomic E-state index is -0.523. The van der Waals surface area contributed by atoms with Gasteiger partial charge in [0.2, 0.25) is 5.91 Å². The SMILES string of the molecule is CC(=O)c1ccc(N2CCCNC(=O)C2)c([N+](=O)[O-])c1. The van der Waals surface area contributed by atoms with Crippen LogP contribution in [0.15, 0.2) is 18.2 Å². The Morgan fingerprint density at radius 2 is 2.20 bits per heavy atom. The van der Waals surface area contributed by atoms with Gasteiger partial charge in [0.05, 0.1) is 11.5 Å². The Balaban J connectivity index is 2.41. The summed E-state index contributed by atoms with van der Waals surface area (Å²) < 4.78 is 0. The van der Waals surface area contributed by atoms with Gasteiger partial charge in [0.1, 0.15) is 5.69 Å². The highest BCUT2D eigenvalue weighted by Gasteiger charge is 2.23. The molecular weight excluding hydrogens is 262 g/mol. The lowest BCUT2D eigenvalue weighted by atomic mass is 10.1. The monoisotopic (exact) mass is 277 g/mol. The van der Waals surface area contributed by atoms with Crippen LogP contribution in [-0.4, -0.2) is 36.2 Å². The van der Waals surface area contributed by atoms with Crippen molar-refractivity contribution in [2.75, 3.05) is 24.5 Å². The molecule has 1 aromatic carbocycles. The largest absolute Gasteiger partial charge is 0.357 e. The molecule has 0 atom stereocenters. The van der Waals surface area contributed by atoms with E-state index < -0.39 is 4.92 Å². The van der Waals surface area contributed by atoms with Gasteiger partial charge in [-0.05, 0) is 25.5 Å². The molecule has 1 saturated heterocycles. The number of Topliss-reactive ketones (excluding diaryl/α,β-unsaturated/α-hetero) is 1. The Labute approximate surface area is 115 Å². The Bertz CT molecular complexity index is 571. The van der Waals surface area contributed by atoms with E-state index in [1.54, 1.807) is 11.0 Å². The second kappa shape index (κ2) is 5.68. The van der Waals surface area contributed by atoms with Crippen LogP contribution in [0, 0.1) is 10.1 Å². The molecular formula is C13H15N3O4. The van der Waals surface area contributed by atoms with Crippen molar-refractivity contribution in [1.82, 2.24) is 5.32 Å². The predicted molar refractivity (Wildman–Crippen MR) is 72.9 cm³/mol. The van der Waals surface area contributed by atoms with E-state index in [0.29, 0.717) is 24.3 Å². The third-order valence-electron chi connectivity index (χ3n) is 3.18. The molecule has 1 aromatic rings. The van der Waals surface area contributed by atoms with Crippen molar-refractivity contribution in [3.63, 3.8) is 0 Å². The van der Waals surface area contributed by atoms with Gasteiger partial charge in [0.15, 0.2) is 5.78 Å². The summed E-state index contributed by atoms with van der Waals surface area (Å²) in [5.74, 6) is -0.388. The first kappa shape index (κ1) is 14.0. The number of ketones is 1. The van der Waals surface area contributed by atoms with Crippen LogP contribution in [0.2, 0.25) is 0 Å². The number of benzene rings is 1. The number of nitrogens with zero attached hydrogens (tertiary/aromatic N) is 2. The van der Waals surface area contributed by atoms with E-state index in [1.807, 2.05) is 0 Å². The molecule has 0 saturated carbocycles. The number of nitro benzene ring substituents is 1. The van der Waals surface area contributed by atoms with Crippen molar-refractivity contribution in [1.29, 1.82) is 0 Å². The molecule has 0 aliphatic carbocycles. The van der Waals surface area contributed by atoms with Gasteiger partial charge in [-0.3, -0.25) is 19.7 Å². The van der Waals surface area contributed by atoms with E-state index in [0.717, 1.165) is 6.42 Å². The molecule has 1 amide bonds. The average molecular weight is 277 g/mol. The number of rotatable bonds is 3. The van der Waals surface area contributed by atoms with Crippen LogP contribution in [0.4, 0.5) is 11.4 Å². The van der Waals surface area contributed by atoms with Gasteiger partial charge in [0, 0.05) is 24.7 Å². The average Bonchev–Trinajstić information content (AvgIpc) is 2.62. The molecule has 0 radical (unpaired) electrons. The number of nitro groups is 1. The fourth-order valence-electron chi connectivity index (χ4n) is 2.17. The maximum Gasteiger partial charge on any atom is 0.293 e. The molecule has 2 rings (SSSR count). The molecule has 7 nitrogen and oxygen atoms in total. The molecule has 0 aromatic heterocycles. The lowest BCUT2D eigenvalue weighted by Gasteiger charge is -2.21. The highest BCUT2D eigenvalue weighted by Crippen LogP contribution is 2.29. The zero-order chi connectivity index (χ0) is 14.7. The third-order valence-corrected chi connectivity index (χ3v) is 3.18. The quantitative estimate of drug-likeness (QED) is 0.508. The lowest BCUT2D eigenvalue weighted by Crippen LogP contribution is -2.33. The summed E-state index contributed by atoms with van der Waals surface area (Å²) in [6.45, 7) is 2.56. The summed E-state index contributed by atoms with van der Waals surface area (Å²) in [6, 6.07) is 4.35. The van der Waals surface area contributed by atoms with Crippen LogP contribution >= 0.6 is 0 Å². The summed E-state index contributed by atoms with van der Waals surface area (Å²) in [6.07, 6.45) is 0.720. The molecule has 20 heavy (non-hydrogen) atoms. The molecule has 1 fully saturated rings. The predicted octanol–water partition coefficient (Wildman–Crippen LogP) is 1.12. The van der Waals surface area contributed by atoms with Crippen LogP contribution < -0.4 is 10.2 Å². The van der Waals surface area contributed by atoms with Crippen molar-refractivity contribution in [2.24, 2.45) is 0 Å². The Kier molecular flexibility index (Phi) is 3.97. The number of hydrogen-bond acceptors (Lipinski definition) is 5. The van der Waals surface area contributed by atoms with Gasteiger partial charge in [-0.25, -0.2) is 0 Å². The molecule has 106 valence electrons. The number of nitrogens with one attached hydrogen (secondary N) is 1. The second-order valence-corrected chi connectivity index (χ2v) is 4.64. The van der Waals surface area contributed by atoms with E-state index >= 15 is 0 Å². The van der Waals surface area contributed by atoms with Crippen molar-refractivity contribution < 1.29 is 14.5 Å². The van der Waals surface area contributed by atoms with Gasteiger partial charge < -0.3 is 10.2 Å². The van der Waals surface area contributed by atoms with Gasteiger partial charge in [-0.15, -0.1) is 0 Å². The van der Waals surface area contributed by atoms with Crippen LogP contribution in [0.5, 0.6) is 0 Å². The number of anilines is 1. The van der Waals surface area contributed by atoms with Crippen molar-refractivity contribution in [2.45, 2.75) is 13.3 Å². The highest BCUT2D eigenvalue weighted by molar-refractivity contribution is 5.95.